The van der Waals surface area contributed by atoms with Crippen molar-refractivity contribution in [2.24, 2.45) is 0 Å². The number of aromatic nitrogens is 2. The van der Waals surface area contributed by atoms with E-state index < -0.39 is 10.0 Å². The number of benzene rings is 2. The third kappa shape index (κ3) is 4.57. The molecule has 1 heterocycles. The standard InChI is InChI=1S/C21H21BrN4O3S/c1-30(28,29)25-16-11-9-15(10-12-16)23-21(27)20-18-7-2-3-8-19(18)26(24-20)17-6-4-5-14(22)13-17/h4-6,9-13,25H,2-3,7-8H2,1H3,(H,23,27). The Kier molecular flexibility index (Phi) is 5.66. The highest BCUT2D eigenvalue weighted by Gasteiger charge is 2.25. The molecule has 1 amide bonds. The molecule has 0 saturated heterocycles. The summed E-state index contributed by atoms with van der Waals surface area (Å²) >= 11 is 3.50. The first-order chi connectivity index (χ1) is 14.3. The van der Waals surface area contributed by atoms with Crippen molar-refractivity contribution >= 4 is 43.2 Å². The summed E-state index contributed by atoms with van der Waals surface area (Å²) in [6, 6.07) is 14.4. The maximum absolute atomic E-state index is 13.0. The molecule has 0 aliphatic heterocycles. The van der Waals surface area contributed by atoms with Crippen LogP contribution in [0.1, 0.15) is 34.6 Å². The molecule has 30 heavy (non-hydrogen) atoms. The van der Waals surface area contributed by atoms with Crippen LogP contribution in [-0.4, -0.2) is 30.4 Å². The van der Waals surface area contributed by atoms with Crippen LogP contribution in [0.25, 0.3) is 5.69 Å². The number of carbonyl (C=O) groups excluding carboxylic acids is 1. The number of hydrogen-bond acceptors (Lipinski definition) is 4. The first kappa shape index (κ1) is 20.6. The fourth-order valence-corrected chi connectivity index (χ4v) is 4.58. The topological polar surface area (TPSA) is 93.1 Å². The van der Waals surface area contributed by atoms with Crippen LogP contribution in [0.15, 0.2) is 53.0 Å². The van der Waals surface area contributed by atoms with E-state index in [4.69, 9.17) is 0 Å². The number of sulfonamides is 1. The molecule has 0 atom stereocenters. The van der Waals surface area contributed by atoms with E-state index in [-0.39, 0.29) is 5.91 Å². The smallest absolute Gasteiger partial charge is 0.276 e. The number of carbonyl (C=O) groups is 1. The summed E-state index contributed by atoms with van der Waals surface area (Å²) in [5.74, 6) is -0.272. The van der Waals surface area contributed by atoms with Crippen LogP contribution in [0.4, 0.5) is 11.4 Å². The number of rotatable bonds is 5. The Balaban J connectivity index is 1.61. The second kappa shape index (κ2) is 8.23. The van der Waals surface area contributed by atoms with Crippen molar-refractivity contribution in [3.05, 3.63) is 70.0 Å². The number of amides is 1. The molecule has 1 aliphatic rings. The molecular formula is C21H21BrN4O3S. The highest BCUT2D eigenvalue weighted by Crippen LogP contribution is 2.28. The van der Waals surface area contributed by atoms with Gasteiger partial charge in [-0.25, -0.2) is 13.1 Å². The first-order valence-electron chi connectivity index (χ1n) is 9.56. The van der Waals surface area contributed by atoms with Crippen LogP contribution in [-0.2, 0) is 22.9 Å². The van der Waals surface area contributed by atoms with Crippen molar-refractivity contribution in [1.82, 2.24) is 9.78 Å². The molecule has 7 nitrogen and oxygen atoms in total. The van der Waals surface area contributed by atoms with Crippen LogP contribution in [0.3, 0.4) is 0 Å². The van der Waals surface area contributed by atoms with Crippen LogP contribution in [0, 0.1) is 0 Å². The summed E-state index contributed by atoms with van der Waals surface area (Å²) < 4.78 is 27.9. The van der Waals surface area contributed by atoms with E-state index in [1.807, 2.05) is 28.9 Å². The van der Waals surface area contributed by atoms with Crippen molar-refractivity contribution in [2.45, 2.75) is 25.7 Å². The predicted molar refractivity (Wildman–Crippen MR) is 121 cm³/mol. The lowest BCUT2D eigenvalue weighted by Crippen LogP contribution is -2.15. The fourth-order valence-electron chi connectivity index (χ4n) is 3.63. The minimum Gasteiger partial charge on any atom is -0.321 e. The molecule has 0 bridgehead atoms. The van der Waals surface area contributed by atoms with Crippen LogP contribution < -0.4 is 10.0 Å². The molecule has 2 N–H and O–H groups in total. The third-order valence-electron chi connectivity index (χ3n) is 4.89. The fraction of sp³-hybridized carbons (Fsp3) is 0.238. The van der Waals surface area contributed by atoms with Crippen molar-refractivity contribution in [2.75, 3.05) is 16.3 Å². The van der Waals surface area contributed by atoms with Gasteiger partial charge in [0.2, 0.25) is 10.0 Å². The van der Waals surface area contributed by atoms with Crippen LogP contribution >= 0.6 is 15.9 Å². The minimum atomic E-state index is -3.35. The summed E-state index contributed by atoms with van der Waals surface area (Å²) in [6.45, 7) is 0. The van der Waals surface area contributed by atoms with Crippen molar-refractivity contribution in [1.29, 1.82) is 0 Å². The predicted octanol–water partition coefficient (Wildman–Crippen LogP) is 4.14. The van der Waals surface area contributed by atoms with Crippen LogP contribution in [0.5, 0.6) is 0 Å². The molecule has 0 radical (unpaired) electrons. The number of nitrogens with zero attached hydrogens (tertiary/aromatic N) is 2. The maximum Gasteiger partial charge on any atom is 0.276 e. The Bertz CT molecular complexity index is 1200. The normalized spacial score (nSPS) is 13.5. The molecule has 0 unspecified atom stereocenters. The monoisotopic (exact) mass is 488 g/mol. The van der Waals surface area contributed by atoms with E-state index in [0.717, 1.165) is 53.4 Å². The van der Waals surface area contributed by atoms with Crippen LogP contribution in [0.2, 0.25) is 0 Å². The highest BCUT2D eigenvalue weighted by molar-refractivity contribution is 9.10. The molecule has 1 aliphatic carbocycles. The quantitative estimate of drug-likeness (QED) is 0.564. The van der Waals surface area contributed by atoms with Gasteiger partial charge >= 0.3 is 0 Å². The zero-order valence-electron chi connectivity index (χ0n) is 16.4. The molecule has 156 valence electrons. The molecule has 0 spiro atoms. The summed E-state index contributed by atoms with van der Waals surface area (Å²) in [6.07, 6.45) is 4.90. The Morgan fingerprint density at radius 2 is 1.77 bits per heavy atom. The lowest BCUT2D eigenvalue weighted by molar-refractivity contribution is 0.102. The number of fused-ring (bicyclic) bond motifs is 1. The second-order valence-electron chi connectivity index (χ2n) is 7.28. The zero-order chi connectivity index (χ0) is 21.3. The third-order valence-corrected chi connectivity index (χ3v) is 5.99. The van der Waals surface area contributed by atoms with Gasteiger partial charge in [0, 0.05) is 27.1 Å². The van der Waals surface area contributed by atoms with Gasteiger partial charge in [-0.15, -0.1) is 0 Å². The first-order valence-corrected chi connectivity index (χ1v) is 12.2. The van der Waals surface area contributed by atoms with Gasteiger partial charge in [0.05, 0.1) is 11.9 Å². The summed E-state index contributed by atoms with van der Waals surface area (Å²) in [7, 11) is -3.35. The number of anilines is 2. The molecule has 1 aromatic heterocycles. The molecule has 0 fully saturated rings. The molecular weight excluding hydrogens is 468 g/mol. The lowest BCUT2D eigenvalue weighted by atomic mass is 9.95. The van der Waals surface area contributed by atoms with E-state index in [1.165, 1.54) is 0 Å². The summed E-state index contributed by atoms with van der Waals surface area (Å²) in [5.41, 5.74) is 4.43. The highest BCUT2D eigenvalue weighted by atomic mass is 79.9. The van der Waals surface area contributed by atoms with E-state index in [9.17, 15) is 13.2 Å². The van der Waals surface area contributed by atoms with Gasteiger partial charge in [0.15, 0.2) is 5.69 Å². The maximum atomic E-state index is 13.0. The minimum absolute atomic E-state index is 0.272. The molecule has 2 aromatic carbocycles. The Morgan fingerprint density at radius 3 is 2.47 bits per heavy atom. The van der Waals surface area contributed by atoms with Gasteiger partial charge in [0.1, 0.15) is 0 Å². The van der Waals surface area contributed by atoms with Crippen molar-refractivity contribution < 1.29 is 13.2 Å². The van der Waals surface area contributed by atoms with Gasteiger partial charge in [-0.2, -0.15) is 5.10 Å². The Morgan fingerprint density at radius 1 is 1.07 bits per heavy atom. The molecule has 9 heteroatoms. The number of hydrogen-bond donors (Lipinski definition) is 2. The van der Waals surface area contributed by atoms with E-state index >= 15 is 0 Å². The Labute approximate surface area is 183 Å². The van der Waals surface area contributed by atoms with E-state index in [0.29, 0.717) is 17.1 Å². The van der Waals surface area contributed by atoms with E-state index in [1.54, 1.807) is 24.3 Å². The second-order valence-corrected chi connectivity index (χ2v) is 9.94. The average molecular weight is 489 g/mol. The molecule has 3 aromatic rings. The van der Waals surface area contributed by atoms with Gasteiger partial charge in [0.25, 0.3) is 5.91 Å². The average Bonchev–Trinajstić information content (AvgIpc) is 3.08. The van der Waals surface area contributed by atoms with Crippen molar-refractivity contribution in [3.8, 4) is 5.69 Å². The molecule has 0 saturated carbocycles. The summed E-state index contributed by atoms with van der Waals surface area (Å²) in [5, 5.41) is 7.53. The number of halogens is 1. The number of nitrogens with one attached hydrogen (secondary N) is 2. The molecule has 4 rings (SSSR count). The van der Waals surface area contributed by atoms with Gasteiger partial charge in [-0.05, 0) is 68.1 Å². The van der Waals surface area contributed by atoms with Gasteiger partial charge in [-0.1, -0.05) is 22.0 Å². The summed E-state index contributed by atoms with van der Waals surface area (Å²) in [4.78, 5) is 13.0. The zero-order valence-corrected chi connectivity index (χ0v) is 18.8. The lowest BCUT2D eigenvalue weighted by Gasteiger charge is -2.14. The van der Waals surface area contributed by atoms with Gasteiger partial charge in [-0.3, -0.25) is 9.52 Å². The van der Waals surface area contributed by atoms with Crippen molar-refractivity contribution in [3.63, 3.8) is 0 Å². The van der Waals surface area contributed by atoms with Gasteiger partial charge < -0.3 is 5.32 Å². The SMILES string of the molecule is CS(=O)(=O)Nc1ccc(NC(=O)c2nn(-c3cccc(Br)c3)c3c2CCCC3)cc1. The van der Waals surface area contributed by atoms with E-state index in [2.05, 4.69) is 31.1 Å². The largest absolute Gasteiger partial charge is 0.321 e. The Hall–Kier alpha value is -2.65.